The number of hydrogen-bond acceptors (Lipinski definition) is 3. The van der Waals surface area contributed by atoms with Crippen LogP contribution in [-0.2, 0) is 9.47 Å². The van der Waals surface area contributed by atoms with Gasteiger partial charge in [0, 0.05) is 26.7 Å². The molecular formula is C20H32IN3O2. The van der Waals surface area contributed by atoms with E-state index < -0.39 is 0 Å². The first-order valence-corrected chi connectivity index (χ1v) is 9.39. The zero-order chi connectivity index (χ0) is 17.6. The Morgan fingerprint density at radius 2 is 2.15 bits per heavy atom. The third-order valence-corrected chi connectivity index (χ3v) is 4.93. The van der Waals surface area contributed by atoms with E-state index >= 15 is 0 Å². The van der Waals surface area contributed by atoms with E-state index in [0.29, 0.717) is 0 Å². The predicted molar refractivity (Wildman–Crippen MR) is 117 cm³/mol. The Balaban J connectivity index is 0.00000243. The molecule has 1 atom stereocenters. The van der Waals surface area contributed by atoms with Crippen LogP contribution < -0.4 is 5.32 Å². The number of nitrogens with one attached hydrogen (secondary N) is 1. The van der Waals surface area contributed by atoms with Gasteiger partial charge in [-0.3, -0.25) is 4.99 Å². The topological polar surface area (TPSA) is 46.1 Å². The van der Waals surface area contributed by atoms with Gasteiger partial charge in [-0.1, -0.05) is 23.8 Å². The Kier molecular flexibility index (Phi) is 8.63. The van der Waals surface area contributed by atoms with E-state index in [2.05, 4.69) is 47.3 Å². The lowest BCUT2D eigenvalue weighted by Crippen LogP contribution is -2.48. The molecule has 3 rings (SSSR count). The first-order valence-electron chi connectivity index (χ1n) is 9.39. The highest BCUT2D eigenvalue weighted by Gasteiger charge is 2.25. The quantitative estimate of drug-likeness (QED) is 0.298. The fraction of sp³-hybridized carbons (Fsp3) is 0.650. The number of benzene rings is 1. The molecule has 1 aromatic carbocycles. The smallest absolute Gasteiger partial charge is 0.193 e. The van der Waals surface area contributed by atoms with Gasteiger partial charge in [0.1, 0.15) is 6.10 Å². The van der Waals surface area contributed by atoms with Gasteiger partial charge < -0.3 is 19.7 Å². The van der Waals surface area contributed by atoms with Crippen LogP contribution in [-0.4, -0.2) is 57.4 Å². The summed E-state index contributed by atoms with van der Waals surface area (Å²) in [6.07, 6.45) is 2.77. The number of hydrogen-bond donors (Lipinski definition) is 1. The van der Waals surface area contributed by atoms with E-state index in [0.717, 1.165) is 51.3 Å². The summed E-state index contributed by atoms with van der Waals surface area (Å²) in [4.78, 5) is 6.73. The molecule has 1 saturated heterocycles. The molecule has 0 aromatic heterocycles. The van der Waals surface area contributed by atoms with Gasteiger partial charge in [-0.15, -0.1) is 24.0 Å². The van der Waals surface area contributed by atoms with Gasteiger partial charge in [0.15, 0.2) is 5.96 Å². The van der Waals surface area contributed by atoms with Gasteiger partial charge in [0.2, 0.25) is 0 Å². The van der Waals surface area contributed by atoms with Crippen molar-refractivity contribution in [2.75, 3.05) is 46.5 Å². The molecular weight excluding hydrogens is 441 g/mol. The molecule has 2 aliphatic rings. The molecule has 1 aromatic rings. The predicted octanol–water partition coefficient (Wildman–Crippen LogP) is 3.30. The Hall–Kier alpha value is -0.860. The number of nitrogens with zero attached hydrogens (tertiary/aromatic N) is 2. The van der Waals surface area contributed by atoms with Crippen molar-refractivity contribution in [3.05, 3.63) is 34.9 Å². The average molecular weight is 473 g/mol. The summed E-state index contributed by atoms with van der Waals surface area (Å²) in [7, 11) is 1.84. The van der Waals surface area contributed by atoms with Gasteiger partial charge in [-0.05, 0) is 43.7 Å². The molecule has 0 amide bonds. The highest BCUT2D eigenvalue weighted by Crippen LogP contribution is 2.28. The van der Waals surface area contributed by atoms with Gasteiger partial charge in [0.05, 0.1) is 19.8 Å². The maximum absolute atomic E-state index is 6.04. The van der Waals surface area contributed by atoms with Gasteiger partial charge in [-0.2, -0.15) is 0 Å². The highest BCUT2D eigenvalue weighted by atomic mass is 127. The van der Waals surface area contributed by atoms with E-state index in [1.54, 1.807) is 0 Å². The molecule has 1 N–H and O–H groups in total. The van der Waals surface area contributed by atoms with Crippen LogP contribution >= 0.6 is 24.0 Å². The van der Waals surface area contributed by atoms with E-state index in [4.69, 9.17) is 9.47 Å². The molecule has 26 heavy (non-hydrogen) atoms. The molecule has 2 fully saturated rings. The number of morpholine rings is 1. The van der Waals surface area contributed by atoms with Crippen LogP contribution in [0.1, 0.15) is 35.6 Å². The molecule has 1 heterocycles. The molecule has 1 aliphatic heterocycles. The zero-order valence-corrected chi connectivity index (χ0v) is 18.5. The Labute approximate surface area is 174 Å². The van der Waals surface area contributed by atoms with Crippen molar-refractivity contribution >= 4 is 29.9 Å². The van der Waals surface area contributed by atoms with Gasteiger partial charge in [0.25, 0.3) is 0 Å². The van der Waals surface area contributed by atoms with Crippen molar-refractivity contribution in [2.24, 2.45) is 10.9 Å². The Morgan fingerprint density at radius 3 is 2.85 bits per heavy atom. The monoisotopic (exact) mass is 473 g/mol. The van der Waals surface area contributed by atoms with Crippen LogP contribution in [0.5, 0.6) is 0 Å². The summed E-state index contributed by atoms with van der Waals surface area (Å²) >= 11 is 0. The fourth-order valence-corrected chi connectivity index (χ4v) is 3.32. The van der Waals surface area contributed by atoms with Crippen molar-refractivity contribution in [1.29, 1.82) is 0 Å². The van der Waals surface area contributed by atoms with E-state index in [9.17, 15) is 0 Å². The van der Waals surface area contributed by atoms with Crippen LogP contribution in [0.3, 0.4) is 0 Å². The molecule has 0 spiro atoms. The van der Waals surface area contributed by atoms with Crippen LogP contribution in [0.4, 0.5) is 0 Å². The summed E-state index contributed by atoms with van der Waals surface area (Å²) in [5.74, 6) is 1.75. The number of halogens is 1. The molecule has 0 radical (unpaired) electrons. The molecule has 0 bridgehead atoms. The minimum Gasteiger partial charge on any atom is -0.379 e. The highest BCUT2D eigenvalue weighted by molar-refractivity contribution is 14.0. The van der Waals surface area contributed by atoms with Crippen molar-refractivity contribution in [2.45, 2.75) is 32.8 Å². The van der Waals surface area contributed by atoms with E-state index in [-0.39, 0.29) is 30.1 Å². The molecule has 146 valence electrons. The Morgan fingerprint density at radius 1 is 1.35 bits per heavy atom. The number of aliphatic imine (C=N–C) groups is 1. The van der Waals surface area contributed by atoms with Crippen LogP contribution in [0, 0.1) is 19.8 Å². The van der Waals surface area contributed by atoms with E-state index in [1.165, 1.54) is 29.5 Å². The van der Waals surface area contributed by atoms with Crippen molar-refractivity contribution < 1.29 is 9.47 Å². The first-order chi connectivity index (χ1) is 12.2. The van der Waals surface area contributed by atoms with Crippen molar-refractivity contribution in [3.63, 3.8) is 0 Å². The zero-order valence-electron chi connectivity index (χ0n) is 16.2. The maximum atomic E-state index is 6.04. The standard InChI is InChI=1S/C20H31N3O2.HI/c1-15-4-7-18(16(2)12-15)19-13-23(9-11-25-19)20(21-3)22-8-10-24-14-17-5-6-17;/h4,7,12,17,19H,5-6,8-11,13-14H2,1-3H3,(H,21,22);1H. The summed E-state index contributed by atoms with van der Waals surface area (Å²) < 4.78 is 11.7. The number of guanidine groups is 1. The lowest BCUT2D eigenvalue weighted by molar-refractivity contribution is -0.00844. The minimum absolute atomic E-state index is 0. The van der Waals surface area contributed by atoms with Gasteiger partial charge >= 0.3 is 0 Å². The van der Waals surface area contributed by atoms with E-state index in [1.807, 2.05) is 7.05 Å². The summed E-state index contributed by atoms with van der Waals surface area (Å²) in [5, 5.41) is 3.42. The number of ether oxygens (including phenoxy) is 2. The van der Waals surface area contributed by atoms with Crippen LogP contribution in [0.25, 0.3) is 0 Å². The Bertz CT molecular complexity index is 605. The van der Waals surface area contributed by atoms with Crippen molar-refractivity contribution in [1.82, 2.24) is 10.2 Å². The number of aryl methyl sites for hydroxylation is 2. The van der Waals surface area contributed by atoms with Crippen LogP contribution in [0.2, 0.25) is 0 Å². The third-order valence-electron chi connectivity index (χ3n) is 4.93. The normalized spacial score (nSPS) is 20.7. The van der Waals surface area contributed by atoms with Gasteiger partial charge in [-0.25, -0.2) is 0 Å². The summed E-state index contributed by atoms with van der Waals surface area (Å²) in [6, 6.07) is 6.58. The molecule has 6 heteroatoms. The average Bonchev–Trinajstić information content (AvgIpc) is 3.42. The van der Waals surface area contributed by atoms with Crippen molar-refractivity contribution in [3.8, 4) is 0 Å². The SMILES string of the molecule is CN=C(NCCOCC1CC1)N1CCOC(c2ccc(C)cc2C)C1.I. The molecule has 1 aliphatic carbocycles. The maximum Gasteiger partial charge on any atom is 0.193 e. The second-order valence-electron chi connectivity index (χ2n) is 7.16. The molecule has 5 nitrogen and oxygen atoms in total. The minimum atomic E-state index is 0. The largest absolute Gasteiger partial charge is 0.379 e. The number of rotatable bonds is 6. The lowest BCUT2D eigenvalue weighted by atomic mass is 10.00. The summed E-state index contributed by atoms with van der Waals surface area (Å²) in [6.45, 7) is 9.14. The lowest BCUT2D eigenvalue weighted by Gasteiger charge is -2.35. The summed E-state index contributed by atoms with van der Waals surface area (Å²) in [5.41, 5.74) is 3.86. The molecule has 1 unspecified atom stereocenters. The first kappa shape index (κ1) is 21.4. The molecule has 1 saturated carbocycles. The van der Waals surface area contributed by atoms with Crippen LogP contribution in [0.15, 0.2) is 23.2 Å². The fourth-order valence-electron chi connectivity index (χ4n) is 3.32. The third kappa shape index (κ3) is 6.09. The second-order valence-corrected chi connectivity index (χ2v) is 7.16. The second kappa shape index (κ2) is 10.5.